The van der Waals surface area contributed by atoms with Crippen molar-refractivity contribution >= 4 is 44.7 Å². The number of rotatable bonds is 5. The van der Waals surface area contributed by atoms with E-state index in [4.69, 9.17) is 9.47 Å². The quantitative estimate of drug-likeness (QED) is 0.338. The number of hydrogen-bond donors (Lipinski definition) is 0. The van der Waals surface area contributed by atoms with Gasteiger partial charge < -0.3 is 9.47 Å². The summed E-state index contributed by atoms with van der Waals surface area (Å²) in [5.74, 6) is 1.85. The molecule has 0 fully saturated rings. The second-order valence-electron chi connectivity index (χ2n) is 7.64. The molecule has 0 N–H and O–H groups in total. The number of aromatic nitrogens is 6. The highest BCUT2D eigenvalue weighted by Gasteiger charge is 2.18. The van der Waals surface area contributed by atoms with Crippen LogP contribution in [-0.2, 0) is 0 Å². The number of thiazole rings is 2. The maximum absolute atomic E-state index is 12.8. The van der Waals surface area contributed by atoms with Crippen molar-refractivity contribution < 1.29 is 9.47 Å². The van der Waals surface area contributed by atoms with E-state index in [1.807, 2.05) is 48.5 Å². The van der Waals surface area contributed by atoms with Crippen LogP contribution < -0.4 is 29.7 Å². The summed E-state index contributed by atoms with van der Waals surface area (Å²) in [4.78, 5) is 35.4. The van der Waals surface area contributed by atoms with Crippen LogP contribution in [0.25, 0.3) is 33.7 Å². The zero-order valence-corrected chi connectivity index (χ0v) is 20.5. The molecule has 6 rings (SSSR count). The third-order valence-electron chi connectivity index (χ3n) is 5.39. The molecule has 178 valence electrons. The summed E-state index contributed by atoms with van der Waals surface area (Å²) in [5.41, 5.74) is 1.15. The lowest BCUT2D eigenvalue weighted by atomic mass is 10.2. The molecule has 0 saturated carbocycles. The number of nitrogens with zero attached hydrogens (tertiary/aromatic N) is 6. The lowest BCUT2D eigenvalue weighted by Crippen LogP contribution is -2.24. The third kappa shape index (κ3) is 3.82. The number of methoxy groups -OCH3 is 2. The predicted octanol–water partition coefficient (Wildman–Crippen LogP) is 1.39. The minimum atomic E-state index is -0.286. The van der Waals surface area contributed by atoms with Gasteiger partial charge in [-0.15, -0.1) is 10.2 Å². The van der Waals surface area contributed by atoms with Gasteiger partial charge in [-0.3, -0.25) is 9.59 Å². The summed E-state index contributed by atoms with van der Waals surface area (Å²) in [6.07, 6.45) is 3.55. The Hall–Kier alpha value is -4.42. The highest BCUT2D eigenvalue weighted by Crippen LogP contribution is 2.16. The lowest BCUT2D eigenvalue weighted by molar-refractivity contribution is 0.414. The largest absolute Gasteiger partial charge is 0.497 e. The van der Waals surface area contributed by atoms with Crippen molar-refractivity contribution in [2.24, 2.45) is 0 Å². The van der Waals surface area contributed by atoms with Crippen molar-refractivity contribution in [3.8, 4) is 23.1 Å². The van der Waals surface area contributed by atoms with E-state index in [1.54, 1.807) is 26.4 Å². The SMILES string of the molecule is COc1ccc(C=c2sc3nc(-c4nc5sc(=Cc6ccc(OC)cc6)c(=O)n5n4)nn3c2=O)cc1. The van der Waals surface area contributed by atoms with Gasteiger partial charge in [0, 0.05) is 0 Å². The third-order valence-corrected chi connectivity index (χ3v) is 7.31. The van der Waals surface area contributed by atoms with Gasteiger partial charge in [-0.05, 0) is 47.5 Å². The number of benzene rings is 2. The maximum Gasteiger partial charge on any atom is 0.291 e. The fourth-order valence-electron chi connectivity index (χ4n) is 3.56. The first kappa shape index (κ1) is 22.1. The molecule has 0 unspecified atom stereocenters. The van der Waals surface area contributed by atoms with Gasteiger partial charge in [0.15, 0.2) is 0 Å². The van der Waals surface area contributed by atoms with Crippen molar-refractivity contribution in [2.75, 3.05) is 14.2 Å². The standard InChI is InChI=1S/C24H16N6O4S2/c1-33-15-7-3-13(4-8-15)11-17-21(31)29-23(35-17)25-19(27-29)20-26-24-30(28-20)22(32)18(36-24)12-14-5-9-16(34-2)10-6-14/h3-12H,1-2H3. The summed E-state index contributed by atoms with van der Waals surface area (Å²) >= 11 is 2.43. The van der Waals surface area contributed by atoms with Crippen molar-refractivity contribution in [2.45, 2.75) is 0 Å². The van der Waals surface area contributed by atoms with Crippen LogP contribution in [0.2, 0.25) is 0 Å². The van der Waals surface area contributed by atoms with E-state index in [2.05, 4.69) is 20.2 Å². The molecule has 12 heteroatoms. The van der Waals surface area contributed by atoms with E-state index >= 15 is 0 Å². The van der Waals surface area contributed by atoms with Crippen LogP contribution in [0.5, 0.6) is 11.5 Å². The molecule has 2 aromatic carbocycles. The Morgan fingerprint density at radius 1 is 0.667 bits per heavy atom. The van der Waals surface area contributed by atoms with E-state index in [-0.39, 0.29) is 22.8 Å². The molecule has 0 spiro atoms. The number of ether oxygens (including phenoxy) is 2. The molecular weight excluding hydrogens is 500 g/mol. The van der Waals surface area contributed by atoms with Crippen LogP contribution in [0.1, 0.15) is 11.1 Å². The van der Waals surface area contributed by atoms with Gasteiger partial charge in [-0.25, -0.2) is 0 Å². The van der Waals surface area contributed by atoms with Crippen LogP contribution in [0.15, 0.2) is 58.1 Å². The Balaban J connectivity index is 1.34. The highest BCUT2D eigenvalue weighted by atomic mass is 32.1. The smallest absolute Gasteiger partial charge is 0.291 e. The Labute approximate surface area is 210 Å². The van der Waals surface area contributed by atoms with E-state index in [0.29, 0.717) is 19.0 Å². The molecule has 0 bridgehead atoms. The molecule has 36 heavy (non-hydrogen) atoms. The second kappa shape index (κ2) is 8.66. The normalized spacial score (nSPS) is 12.7. The van der Waals surface area contributed by atoms with Gasteiger partial charge in [0.05, 0.1) is 23.3 Å². The Morgan fingerprint density at radius 2 is 1.06 bits per heavy atom. The van der Waals surface area contributed by atoms with E-state index in [0.717, 1.165) is 22.6 Å². The van der Waals surface area contributed by atoms with E-state index in [9.17, 15) is 9.59 Å². The summed E-state index contributed by atoms with van der Waals surface area (Å²) in [5, 5.41) is 8.58. The summed E-state index contributed by atoms with van der Waals surface area (Å²) in [6, 6.07) is 14.8. The first-order valence-corrected chi connectivity index (χ1v) is 12.3. The average Bonchev–Trinajstić information content (AvgIpc) is 3.64. The van der Waals surface area contributed by atoms with E-state index in [1.165, 1.54) is 31.7 Å². The molecule has 4 heterocycles. The first-order valence-electron chi connectivity index (χ1n) is 10.6. The first-order chi connectivity index (χ1) is 17.5. The molecular formula is C24H16N6O4S2. The van der Waals surface area contributed by atoms with Crippen molar-refractivity contribution in [3.63, 3.8) is 0 Å². The minimum Gasteiger partial charge on any atom is -0.497 e. The number of hydrogen-bond acceptors (Lipinski definition) is 10. The zero-order chi connectivity index (χ0) is 24.8. The molecule has 0 aliphatic heterocycles. The van der Waals surface area contributed by atoms with Gasteiger partial charge >= 0.3 is 0 Å². The minimum absolute atomic E-state index is 0.185. The van der Waals surface area contributed by atoms with Crippen molar-refractivity contribution in [1.29, 1.82) is 0 Å². The zero-order valence-electron chi connectivity index (χ0n) is 18.9. The number of fused-ring (bicyclic) bond motifs is 2. The van der Waals surface area contributed by atoms with Crippen molar-refractivity contribution in [3.05, 3.63) is 89.4 Å². The Morgan fingerprint density at radius 3 is 1.39 bits per heavy atom. The molecule has 0 aliphatic carbocycles. The second-order valence-corrected chi connectivity index (χ2v) is 9.66. The van der Waals surface area contributed by atoms with Gasteiger partial charge in [0.1, 0.15) is 11.5 Å². The summed E-state index contributed by atoms with van der Waals surface area (Å²) < 4.78 is 13.8. The van der Waals surface area contributed by atoms with Crippen LogP contribution in [0.3, 0.4) is 0 Å². The molecule has 0 radical (unpaired) electrons. The fraction of sp³-hybridized carbons (Fsp3) is 0.0833. The topological polar surface area (TPSA) is 113 Å². The fourth-order valence-corrected chi connectivity index (χ4v) is 5.38. The molecule has 0 atom stereocenters. The molecule has 0 aliphatic rings. The van der Waals surface area contributed by atoms with Gasteiger partial charge in [0.25, 0.3) is 11.1 Å². The van der Waals surface area contributed by atoms with Crippen molar-refractivity contribution in [1.82, 2.24) is 29.2 Å². The Kier molecular flexibility index (Phi) is 5.31. The maximum atomic E-state index is 12.8. The summed E-state index contributed by atoms with van der Waals surface area (Å²) in [7, 11) is 3.20. The Bertz CT molecular complexity index is 1810. The molecule has 0 amide bonds. The molecule has 6 aromatic rings. The molecule has 10 nitrogen and oxygen atoms in total. The predicted molar refractivity (Wildman–Crippen MR) is 137 cm³/mol. The average molecular weight is 517 g/mol. The van der Waals surface area contributed by atoms with Crippen LogP contribution in [-0.4, -0.2) is 43.4 Å². The lowest BCUT2D eigenvalue weighted by Gasteiger charge is -1.98. The van der Waals surface area contributed by atoms with E-state index < -0.39 is 0 Å². The monoisotopic (exact) mass is 516 g/mol. The molecule has 4 aromatic heterocycles. The van der Waals surface area contributed by atoms with Crippen LogP contribution in [0.4, 0.5) is 0 Å². The summed E-state index contributed by atoms with van der Waals surface area (Å²) in [6.45, 7) is 0. The van der Waals surface area contributed by atoms with Crippen LogP contribution in [0, 0.1) is 0 Å². The highest BCUT2D eigenvalue weighted by molar-refractivity contribution is 7.15. The van der Waals surface area contributed by atoms with Gasteiger partial charge in [-0.1, -0.05) is 46.9 Å². The van der Waals surface area contributed by atoms with Gasteiger partial charge in [-0.2, -0.15) is 19.0 Å². The molecule has 0 saturated heterocycles. The van der Waals surface area contributed by atoms with Gasteiger partial charge in [0.2, 0.25) is 21.6 Å². The van der Waals surface area contributed by atoms with Crippen LogP contribution >= 0.6 is 22.7 Å².